The molecule has 2 atom stereocenters. The third-order valence-corrected chi connectivity index (χ3v) is 5.85. The van der Waals surface area contributed by atoms with Crippen LogP contribution < -0.4 is 15.2 Å². The van der Waals surface area contributed by atoms with E-state index in [-0.39, 0.29) is 6.61 Å². The summed E-state index contributed by atoms with van der Waals surface area (Å²) in [6.07, 6.45) is 8.80. The number of hydrogen-bond donors (Lipinski definition) is 2. The van der Waals surface area contributed by atoms with Gasteiger partial charge in [0, 0.05) is 5.54 Å². The van der Waals surface area contributed by atoms with Crippen molar-refractivity contribution in [2.75, 3.05) is 20.3 Å². The molecule has 1 aliphatic carbocycles. The minimum absolute atomic E-state index is 0.0521. The van der Waals surface area contributed by atoms with Gasteiger partial charge in [-0.15, -0.1) is 0 Å². The Hall–Kier alpha value is -1.26. The van der Waals surface area contributed by atoms with Gasteiger partial charge in [-0.05, 0) is 61.1 Å². The molecule has 1 aromatic rings. The van der Waals surface area contributed by atoms with Gasteiger partial charge in [0.25, 0.3) is 0 Å². The van der Waals surface area contributed by atoms with Crippen LogP contribution in [0.5, 0.6) is 11.5 Å². The van der Waals surface area contributed by atoms with Crippen LogP contribution in [0.15, 0.2) is 18.2 Å². The molecule has 1 aromatic carbocycles. The van der Waals surface area contributed by atoms with Crippen LogP contribution in [-0.4, -0.2) is 31.0 Å². The number of benzene rings is 1. The molecule has 2 rings (SSSR count). The van der Waals surface area contributed by atoms with Crippen LogP contribution in [0, 0.1) is 17.8 Å². The van der Waals surface area contributed by atoms with Crippen molar-refractivity contribution in [3.8, 4) is 11.5 Å². The van der Waals surface area contributed by atoms with Crippen molar-refractivity contribution in [2.45, 2.75) is 77.7 Å². The maximum Gasteiger partial charge on any atom is 0.161 e. The monoisotopic (exact) mass is 391 g/mol. The van der Waals surface area contributed by atoms with Gasteiger partial charge in [-0.2, -0.15) is 0 Å². The summed E-state index contributed by atoms with van der Waals surface area (Å²) in [7, 11) is 1.69. The SMILES string of the molecule is COc1cc(CCC(N)(CO)CC2CC2)ccc1OCC(C)CCCC(C)C. The molecule has 1 aliphatic rings. The summed E-state index contributed by atoms with van der Waals surface area (Å²) < 4.78 is 11.6. The van der Waals surface area contributed by atoms with Gasteiger partial charge in [0.2, 0.25) is 0 Å². The zero-order valence-corrected chi connectivity index (χ0v) is 18.4. The smallest absolute Gasteiger partial charge is 0.161 e. The van der Waals surface area contributed by atoms with E-state index in [1.54, 1.807) is 7.11 Å². The Morgan fingerprint density at radius 1 is 1.18 bits per heavy atom. The lowest BCUT2D eigenvalue weighted by atomic mass is 9.88. The first-order valence-corrected chi connectivity index (χ1v) is 11.0. The number of hydrogen-bond acceptors (Lipinski definition) is 4. The number of ether oxygens (including phenoxy) is 2. The van der Waals surface area contributed by atoms with Crippen molar-refractivity contribution < 1.29 is 14.6 Å². The molecule has 160 valence electrons. The maximum absolute atomic E-state index is 9.73. The Bertz CT molecular complexity index is 585. The summed E-state index contributed by atoms with van der Waals surface area (Å²) in [6.45, 7) is 7.56. The Kier molecular flexibility index (Phi) is 9.10. The fraction of sp³-hybridized carbons (Fsp3) is 0.750. The molecule has 3 N–H and O–H groups in total. The second-order valence-electron chi connectivity index (χ2n) is 9.39. The lowest BCUT2D eigenvalue weighted by Crippen LogP contribution is -2.44. The molecule has 1 fully saturated rings. The third-order valence-electron chi connectivity index (χ3n) is 5.85. The molecule has 0 saturated heterocycles. The third kappa shape index (κ3) is 8.00. The van der Waals surface area contributed by atoms with Gasteiger partial charge in [0.05, 0.1) is 20.3 Å². The van der Waals surface area contributed by atoms with Gasteiger partial charge in [-0.3, -0.25) is 0 Å². The van der Waals surface area contributed by atoms with Gasteiger partial charge >= 0.3 is 0 Å². The van der Waals surface area contributed by atoms with Crippen LogP contribution in [0.4, 0.5) is 0 Å². The van der Waals surface area contributed by atoms with E-state index in [9.17, 15) is 5.11 Å². The summed E-state index contributed by atoms with van der Waals surface area (Å²) in [6, 6.07) is 6.15. The van der Waals surface area contributed by atoms with E-state index in [1.165, 1.54) is 37.7 Å². The van der Waals surface area contributed by atoms with Gasteiger partial charge in [-0.25, -0.2) is 0 Å². The maximum atomic E-state index is 9.73. The molecular formula is C24H41NO3. The van der Waals surface area contributed by atoms with Crippen LogP contribution >= 0.6 is 0 Å². The van der Waals surface area contributed by atoms with Crippen LogP contribution in [0.1, 0.15) is 71.3 Å². The van der Waals surface area contributed by atoms with E-state index >= 15 is 0 Å². The number of nitrogens with two attached hydrogens (primary N) is 1. The number of aliphatic hydroxyl groups is 1. The summed E-state index contributed by atoms with van der Waals surface area (Å²) in [5, 5.41) is 9.73. The number of aliphatic hydroxyl groups excluding tert-OH is 1. The number of methoxy groups -OCH3 is 1. The van der Waals surface area contributed by atoms with Crippen molar-refractivity contribution in [3.05, 3.63) is 23.8 Å². The topological polar surface area (TPSA) is 64.7 Å². The Labute approximate surface area is 171 Å². The van der Waals surface area contributed by atoms with E-state index < -0.39 is 5.54 Å². The van der Waals surface area contributed by atoms with E-state index in [0.29, 0.717) is 18.4 Å². The highest BCUT2D eigenvalue weighted by Gasteiger charge is 2.33. The zero-order chi connectivity index (χ0) is 20.6. The standard InChI is InChI=1S/C24H41NO3/c1-18(2)6-5-7-19(3)16-28-22-11-10-20(14-23(22)27-4)12-13-24(25,17-26)15-21-8-9-21/h10-11,14,18-19,21,26H,5-9,12-13,15-17,25H2,1-4H3. The van der Waals surface area contributed by atoms with Crippen molar-refractivity contribution in [1.29, 1.82) is 0 Å². The van der Waals surface area contributed by atoms with Crippen molar-refractivity contribution in [3.63, 3.8) is 0 Å². The fourth-order valence-corrected chi connectivity index (χ4v) is 3.71. The average Bonchev–Trinajstić information content (AvgIpc) is 3.48. The van der Waals surface area contributed by atoms with Crippen LogP contribution in [0.2, 0.25) is 0 Å². The number of rotatable bonds is 14. The molecule has 0 aromatic heterocycles. The Morgan fingerprint density at radius 3 is 2.54 bits per heavy atom. The molecule has 0 radical (unpaired) electrons. The highest BCUT2D eigenvalue weighted by molar-refractivity contribution is 5.43. The van der Waals surface area contributed by atoms with Gasteiger partial charge in [0.1, 0.15) is 0 Å². The van der Waals surface area contributed by atoms with E-state index in [4.69, 9.17) is 15.2 Å². The first-order chi connectivity index (χ1) is 13.3. The molecule has 0 aliphatic heterocycles. The lowest BCUT2D eigenvalue weighted by molar-refractivity contribution is 0.172. The molecule has 4 nitrogen and oxygen atoms in total. The Morgan fingerprint density at radius 2 is 1.93 bits per heavy atom. The molecule has 4 heteroatoms. The van der Waals surface area contributed by atoms with E-state index in [1.807, 2.05) is 12.1 Å². The normalized spacial score (nSPS) is 17.4. The Balaban J connectivity index is 1.85. The van der Waals surface area contributed by atoms with Crippen LogP contribution in [0.3, 0.4) is 0 Å². The molecule has 0 heterocycles. The highest BCUT2D eigenvalue weighted by Crippen LogP contribution is 2.37. The summed E-state index contributed by atoms with van der Waals surface area (Å²) >= 11 is 0. The lowest BCUT2D eigenvalue weighted by Gasteiger charge is -2.27. The average molecular weight is 392 g/mol. The molecule has 0 amide bonds. The van der Waals surface area contributed by atoms with Crippen molar-refractivity contribution in [2.24, 2.45) is 23.5 Å². The summed E-state index contributed by atoms with van der Waals surface area (Å²) in [4.78, 5) is 0. The molecule has 2 unspecified atom stereocenters. The summed E-state index contributed by atoms with van der Waals surface area (Å²) in [5.41, 5.74) is 7.13. The van der Waals surface area contributed by atoms with Crippen molar-refractivity contribution >= 4 is 0 Å². The zero-order valence-electron chi connectivity index (χ0n) is 18.4. The summed E-state index contributed by atoms with van der Waals surface area (Å²) in [5.74, 6) is 3.60. The minimum atomic E-state index is -0.463. The second-order valence-corrected chi connectivity index (χ2v) is 9.39. The largest absolute Gasteiger partial charge is 0.493 e. The molecule has 0 spiro atoms. The van der Waals surface area contributed by atoms with Gasteiger partial charge < -0.3 is 20.3 Å². The van der Waals surface area contributed by atoms with Gasteiger partial charge in [-0.1, -0.05) is 52.5 Å². The highest BCUT2D eigenvalue weighted by atomic mass is 16.5. The molecule has 1 saturated carbocycles. The van der Waals surface area contributed by atoms with Crippen LogP contribution in [-0.2, 0) is 6.42 Å². The van der Waals surface area contributed by atoms with Crippen LogP contribution in [0.25, 0.3) is 0 Å². The molecule has 28 heavy (non-hydrogen) atoms. The fourth-order valence-electron chi connectivity index (χ4n) is 3.71. The first kappa shape index (κ1) is 23.0. The van der Waals surface area contributed by atoms with E-state index in [2.05, 4.69) is 26.8 Å². The van der Waals surface area contributed by atoms with Gasteiger partial charge in [0.15, 0.2) is 11.5 Å². The van der Waals surface area contributed by atoms with E-state index in [0.717, 1.165) is 36.7 Å². The quantitative estimate of drug-likeness (QED) is 0.470. The minimum Gasteiger partial charge on any atom is -0.493 e. The number of aryl methyl sites for hydroxylation is 1. The predicted octanol–water partition coefficient (Wildman–Crippen LogP) is 4.96. The molecule has 0 bridgehead atoms. The molecular weight excluding hydrogens is 350 g/mol. The first-order valence-electron chi connectivity index (χ1n) is 11.0. The predicted molar refractivity (Wildman–Crippen MR) is 116 cm³/mol. The van der Waals surface area contributed by atoms with Crippen molar-refractivity contribution in [1.82, 2.24) is 0 Å². The second kappa shape index (κ2) is 11.1.